The number of carbonyl (C=O) groups is 2. The first-order valence-corrected chi connectivity index (χ1v) is 11.3. The van der Waals surface area contributed by atoms with Gasteiger partial charge in [0.1, 0.15) is 18.9 Å². The number of aryl methyl sites for hydroxylation is 1. The number of nitrogens with zero attached hydrogens (tertiary/aromatic N) is 1. The summed E-state index contributed by atoms with van der Waals surface area (Å²) in [6, 6.07) is 17.4. The van der Waals surface area contributed by atoms with Crippen LogP contribution in [-0.4, -0.2) is 38.6 Å². The van der Waals surface area contributed by atoms with Crippen LogP contribution >= 0.6 is 11.8 Å². The number of rotatable bonds is 6. The van der Waals surface area contributed by atoms with Crippen LogP contribution in [0.4, 0.5) is 0 Å². The van der Waals surface area contributed by atoms with Gasteiger partial charge in [0.25, 0.3) is 5.56 Å². The van der Waals surface area contributed by atoms with E-state index in [1.54, 1.807) is 61.5 Å². The predicted molar refractivity (Wildman–Crippen MR) is 123 cm³/mol. The van der Waals surface area contributed by atoms with Crippen LogP contribution < -0.4 is 11.2 Å². The Morgan fingerprint density at radius 1 is 1.06 bits per heavy atom. The average molecular weight is 467 g/mol. The lowest BCUT2D eigenvalue weighted by Gasteiger charge is -2.18. The fourth-order valence-corrected chi connectivity index (χ4v) is 4.64. The molecule has 0 spiro atoms. The van der Waals surface area contributed by atoms with Crippen molar-refractivity contribution in [3.05, 3.63) is 104 Å². The maximum Gasteiger partial charge on any atom is 0.338 e. The van der Waals surface area contributed by atoms with Crippen LogP contribution in [-0.2, 0) is 9.47 Å². The van der Waals surface area contributed by atoms with Crippen molar-refractivity contribution in [2.75, 3.05) is 6.61 Å². The standard InChI is InChI=1S/C24H22N2O6S/c1-15-13-26(24(30)25-21(15)27)20-12-19(33-23(29)17-10-6-3-7-11-17)18(32-20)14-31-22(28)16-8-4-2-5-9-16/h2-11,13,18-20H,12,14H2,1H3,(H,25,27,30)/t18-,19+,20+/m1/s1. The predicted octanol–water partition coefficient (Wildman–Crippen LogP) is 2.93. The van der Waals surface area contributed by atoms with Gasteiger partial charge in [-0.15, -0.1) is 0 Å². The topological polar surface area (TPSA) is 107 Å². The SMILES string of the molecule is Cc1cn([C@@H]2C[C@H](SC(=O)c3ccccc3)[C@@H](COC(=O)c3ccccc3)O2)c(=O)[nH]c1=O. The van der Waals surface area contributed by atoms with E-state index in [1.807, 2.05) is 6.07 Å². The molecule has 1 saturated heterocycles. The molecule has 1 aliphatic rings. The van der Waals surface area contributed by atoms with Crippen LogP contribution in [0, 0.1) is 6.92 Å². The fourth-order valence-electron chi connectivity index (χ4n) is 3.54. The van der Waals surface area contributed by atoms with Gasteiger partial charge < -0.3 is 9.47 Å². The molecule has 0 unspecified atom stereocenters. The Morgan fingerprint density at radius 2 is 1.70 bits per heavy atom. The lowest BCUT2D eigenvalue weighted by atomic mass is 10.2. The van der Waals surface area contributed by atoms with E-state index in [2.05, 4.69) is 4.98 Å². The molecule has 3 atom stereocenters. The maximum absolute atomic E-state index is 12.8. The molecule has 0 bridgehead atoms. The lowest BCUT2D eigenvalue weighted by Crippen LogP contribution is -2.33. The van der Waals surface area contributed by atoms with Crippen LogP contribution in [0.2, 0.25) is 0 Å². The van der Waals surface area contributed by atoms with E-state index in [-0.39, 0.29) is 17.0 Å². The normalized spacial score (nSPS) is 19.8. The van der Waals surface area contributed by atoms with E-state index in [9.17, 15) is 19.2 Å². The molecule has 9 heteroatoms. The Morgan fingerprint density at radius 3 is 2.36 bits per heavy atom. The number of esters is 1. The first-order valence-electron chi connectivity index (χ1n) is 10.4. The minimum atomic E-state index is -0.713. The van der Waals surface area contributed by atoms with Gasteiger partial charge in [-0.3, -0.25) is 19.1 Å². The fraction of sp³-hybridized carbons (Fsp3) is 0.250. The third-order valence-electron chi connectivity index (χ3n) is 5.29. The first-order chi connectivity index (χ1) is 15.9. The Labute approximate surface area is 193 Å². The summed E-state index contributed by atoms with van der Waals surface area (Å²) >= 11 is 1.08. The highest BCUT2D eigenvalue weighted by Gasteiger charge is 2.39. The number of aromatic nitrogens is 2. The number of thioether (sulfide) groups is 1. The van der Waals surface area contributed by atoms with Crippen molar-refractivity contribution in [1.82, 2.24) is 9.55 Å². The second-order valence-electron chi connectivity index (χ2n) is 7.62. The Kier molecular flexibility index (Phi) is 6.90. The molecule has 1 N–H and O–H groups in total. The number of aromatic amines is 1. The highest BCUT2D eigenvalue weighted by molar-refractivity contribution is 8.14. The van der Waals surface area contributed by atoms with Crippen LogP contribution in [0.1, 0.15) is 38.9 Å². The van der Waals surface area contributed by atoms with Crippen LogP contribution in [0.15, 0.2) is 76.4 Å². The summed E-state index contributed by atoms with van der Waals surface area (Å²) in [7, 11) is 0. The van der Waals surface area contributed by atoms with Crippen molar-refractivity contribution in [1.29, 1.82) is 0 Å². The molecule has 0 amide bonds. The molecule has 0 saturated carbocycles. The van der Waals surface area contributed by atoms with Gasteiger partial charge in [-0.2, -0.15) is 0 Å². The highest BCUT2D eigenvalue weighted by atomic mass is 32.2. The molecule has 33 heavy (non-hydrogen) atoms. The van der Waals surface area contributed by atoms with Gasteiger partial charge in [0, 0.05) is 29.0 Å². The molecule has 2 aromatic carbocycles. The molecule has 1 aliphatic heterocycles. The van der Waals surface area contributed by atoms with E-state index in [0.29, 0.717) is 23.1 Å². The molecule has 8 nitrogen and oxygen atoms in total. The van der Waals surface area contributed by atoms with Gasteiger partial charge in [-0.25, -0.2) is 9.59 Å². The number of hydrogen-bond donors (Lipinski definition) is 1. The summed E-state index contributed by atoms with van der Waals surface area (Å²) in [6.45, 7) is 1.51. The van der Waals surface area contributed by atoms with E-state index < -0.39 is 29.6 Å². The number of H-pyrrole nitrogens is 1. The molecular weight excluding hydrogens is 444 g/mol. The zero-order valence-corrected chi connectivity index (χ0v) is 18.6. The number of nitrogens with one attached hydrogen (secondary N) is 1. The second kappa shape index (κ2) is 10.0. The first kappa shape index (κ1) is 22.8. The molecule has 170 valence electrons. The lowest BCUT2D eigenvalue weighted by molar-refractivity contribution is -0.0332. The number of benzene rings is 2. The monoisotopic (exact) mass is 466 g/mol. The summed E-state index contributed by atoms with van der Waals surface area (Å²) in [6.07, 6.45) is 0.418. The molecule has 1 fully saturated rings. The zero-order chi connectivity index (χ0) is 23.4. The maximum atomic E-state index is 12.8. The van der Waals surface area contributed by atoms with Crippen molar-refractivity contribution < 1.29 is 19.1 Å². The second-order valence-corrected chi connectivity index (χ2v) is 8.83. The van der Waals surface area contributed by atoms with Crippen molar-refractivity contribution >= 4 is 22.8 Å². The summed E-state index contributed by atoms with van der Waals surface area (Å²) in [5.74, 6) is -0.502. The van der Waals surface area contributed by atoms with Gasteiger partial charge in [0.2, 0.25) is 5.12 Å². The van der Waals surface area contributed by atoms with E-state index in [0.717, 1.165) is 11.8 Å². The summed E-state index contributed by atoms with van der Waals surface area (Å²) in [4.78, 5) is 51.5. The molecule has 0 radical (unpaired) electrons. The average Bonchev–Trinajstić information content (AvgIpc) is 3.23. The number of ether oxygens (including phenoxy) is 2. The van der Waals surface area contributed by atoms with Gasteiger partial charge in [0.05, 0.1) is 5.56 Å². The quantitative estimate of drug-likeness (QED) is 0.557. The molecular formula is C24H22N2O6S. The zero-order valence-electron chi connectivity index (χ0n) is 17.8. The number of hydrogen-bond acceptors (Lipinski definition) is 7. The molecule has 1 aromatic heterocycles. The third kappa shape index (κ3) is 5.32. The largest absolute Gasteiger partial charge is 0.459 e. The Hall–Kier alpha value is -3.43. The Balaban J connectivity index is 1.53. The smallest absolute Gasteiger partial charge is 0.338 e. The van der Waals surface area contributed by atoms with Gasteiger partial charge in [0.15, 0.2) is 0 Å². The van der Waals surface area contributed by atoms with E-state index in [1.165, 1.54) is 10.8 Å². The van der Waals surface area contributed by atoms with Crippen molar-refractivity contribution in [2.45, 2.75) is 30.9 Å². The summed E-state index contributed by atoms with van der Waals surface area (Å²) < 4.78 is 12.8. The molecule has 2 heterocycles. The van der Waals surface area contributed by atoms with Gasteiger partial charge in [-0.1, -0.05) is 60.3 Å². The highest BCUT2D eigenvalue weighted by Crippen LogP contribution is 2.37. The van der Waals surface area contributed by atoms with Gasteiger partial charge >= 0.3 is 11.7 Å². The van der Waals surface area contributed by atoms with Crippen molar-refractivity contribution in [3.8, 4) is 0 Å². The van der Waals surface area contributed by atoms with Crippen molar-refractivity contribution in [2.24, 2.45) is 0 Å². The minimum Gasteiger partial charge on any atom is -0.459 e. The summed E-state index contributed by atoms with van der Waals surface area (Å²) in [5.41, 5.74) is 0.247. The van der Waals surface area contributed by atoms with Crippen molar-refractivity contribution in [3.63, 3.8) is 0 Å². The van der Waals surface area contributed by atoms with E-state index in [4.69, 9.17) is 9.47 Å². The van der Waals surface area contributed by atoms with Gasteiger partial charge in [-0.05, 0) is 19.1 Å². The van der Waals surface area contributed by atoms with E-state index >= 15 is 0 Å². The molecule has 3 aromatic rings. The summed E-state index contributed by atoms with van der Waals surface area (Å²) in [5, 5.41) is -0.514. The third-order valence-corrected chi connectivity index (χ3v) is 6.54. The number of carbonyl (C=O) groups excluding carboxylic acids is 2. The van der Waals surface area contributed by atoms with Crippen LogP contribution in [0.25, 0.3) is 0 Å². The van der Waals surface area contributed by atoms with Crippen LogP contribution in [0.3, 0.4) is 0 Å². The van der Waals surface area contributed by atoms with Crippen LogP contribution in [0.5, 0.6) is 0 Å². The molecule has 0 aliphatic carbocycles. The molecule has 4 rings (SSSR count). The Bertz CT molecular complexity index is 1260. The minimum absolute atomic E-state index is 0.0823.